The van der Waals surface area contributed by atoms with Gasteiger partial charge in [0.2, 0.25) is 0 Å². The van der Waals surface area contributed by atoms with Crippen LogP contribution in [0.3, 0.4) is 0 Å². The van der Waals surface area contributed by atoms with E-state index in [4.69, 9.17) is 4.74 Å². The molecule has 0 spiro atoms. The highest BCUT2D eigenvalue weighted by Gasteiger charge is 2.41. The number of esters is 1. The van der Waals surface area contributed by atoms with Crippen molar-refractivity contribution in [3.63, 3.8) is 0 Å². The maximum absolute atomic E-state index is 11.8. The molecule has 6 nitrogen and oxygen atoms in total. The van der Waals surface area contributed by atoms with Gasteiger partial charge in [0.05, 0.1) is 19.1 Å². The number of H-pyrrole nitrogens is 1. The van der Waals surface area contributed by atoms with Gasteiger partial charge in [-0.2, -0.15) is 0 Å². The number of carbonyl (C=O) groups excluding carboxylic acids is 1. The zero-order chi connectivity index (χ0) is 17.4. The van der Waals surface area contributed by atoms with Gasteiger partial charge in [-0.1, -0.05) is 0 Å². The average Bonchev–Trinajstić information content (AvgIpc) is 3.25. The third kappa shape index (κ3) is 3.04. The van der Waals surface area contributed by atoms with Crippen molar-refractivity contribution in [1.29, 1.82) is 0 Å². The highest BCUT2D eigenvalue weighted by molar-refractivity contribution is 5.80. The number of pyridine rings is 1. The van der Waals surface area contributed by atoms with E-state index < -0.39 is 6.10 Å². The van der Waals surface area contributed by atoms with Crippen LogP contribution in [0.1, 0.15) is 37.2 Å². The van der Waals surface area contributed by atoms with Crippen LogP contribution in [0.5, 0.6) is 0 Å². The standard InChI is InChI=1S/C19H25N3O3/c1-25-19(24)13-9-16(17(23)10-13)22-7-4-12(5-8-22)15-11-21-18-14(15)3-2-6-20-18/h2-3,6,11-13,16-17,23H,4-5,7-10H2,1H3,(H,20,21)/t13-,16-,17+/m0/s1. The SMILES string of the molecule is COC(=O)[C@@H]1C[C@@H](O)[C@@H](N2CCC(c3c[nH]c4ncccc34)CC2)C1. The number of rotatable bonds is 3. The Bertz CT molecular complexity index is 751. The van der Waals surface area contributed by atoms with Gasteiger partial charge < -0.3 is 14.8 Å². The fourth-order valence-corrected chi connectivity index (χ4v) is 4.60. The summed E-state index contributed by atoms with van der Waals surface area (Å²) in [6.45, 7) is 1.90. The first kappa shape index (κ1) is 16.5. The zero-order valence-corrected chi connectivity index (χ0v) is 14.5. The number of aliphatic hydroxyl groups excluding tert-OH is 1. The van der Waals surface area contributed by atoms with E-state index in [-0.39, 0.29) is 17.9 Å². The van der Waals surface area contributed by atoms with Crippen LogP contribution in [0.15, 0.2) is 24.5 Å². The van der Waals surface area contributed by atoms with Crippen LogP contribution in [0, 0.1) is 5.92 Å². The molecule has 1 aliphatic carbocycles. The third-order valence-corrected chi connectivity index (χ3v) is 5.95. The number of fused-ring (bicyclic) bond motifs is 1. The van der Waals surface area contributed by atoms with Gasteiger partial charge in [0.1, 0.15) is 5.65 Å². The summed E-state index contributed by atoms with van der Waals surface area (Å²) >= 11 is 0. The van der Waals surface area contributed by atoms with Crippen LogP contribution < -0.4 is 0 Å². The molecule has 1 aliphatic heterocycles. The number of likely N-dealkylation sites (tertiary alicyclic amines) is 1. The van der Waals surface area contributed by atoms with Crippen molar-refractivity contribution in [3.8, 4) is 0 Å². The number of piperidine rings is 1. The Morgan fingerprint density at radius 3 is 2.92 bits per heavy atom. The van der Waals surface area contributed by atoms with Crippen LogP contribution in [-0.2, 0) is 9.53 Å². The Labute approximate surface area is 147 Å². The lowest BCUT2D eigenvalue weighted by atomic mass is 9.88. The minimum Gasteiger partial charge on any atom is -0.469 e. The molecule has 134 valence electrons. The van der Waals surface area contributed by atoms with Gasteiger partial charge in [-0.3, -0.25) is 9.69 Å². The molecule has 3 atom stereocenters. The number of hydrogen-bond donors (Lipinski definition) is 2. The Hall–Kier alpha value is -1.92. The summed E-state index contributed by atoms with van der Waals surface area (Å²) < 4.78 is 4.85. The number of carbonyl (C=O) groups is 1. The van der Waals surface area contributed by atoms with E-state index in [9.17, 15) is 9.90 Å². The summed E-state index contributed by atoms with van der Waals surface area (Å²) in [5.74, 6) is 0.161. The number of methoxy groups -OCH3 is 1. The van der Waals surface area contributed by atoms with E-state index in [1.807, 2.05) is 12.3 Å². The van der Waals surface area contributed by atoms with E-state index in [1.165, 1.54) is 18.1 Å². The summed E-state index contributed by atoms with van der Waals surface area (Å²) in [4.78, 5) is 21.8. The predicted octanol–water partition coefficient (Wildman–Crippen LogP) is 2.05. The lowest BCUT2D eigenvalue weighted by Crippen LogP contribution is -2.44. The maximum Gasteiger partial charge on any atom is 0.308 e. The minimum atomic E-state index is -0.432. The molecular formula is C19H25N3O3. The van der Waals surface area contributed by atoms with Crippen molar-refractivity contribution in [2.75, 3.05) is 20.2 Å². The molecule has 0 radical (unpaired) electrons. The Morgan fingerprint density at radius 1 is 1.36 bits per heavy atom. The van der Waals surface area contributed by atoms with Crippen LogP contribution in [-0.4, -0.2) is 58.3 Å². The topological polar surface area (TPSA) is 78.5 Å². The Kier molecular flexibility index (Phi) is 4.48. The molecule has 3 heterocycles. The van der Waals surface area contributed by atoms with Gasteiger partial charge in [-0.05, 0) is 62.4 Å². The minimum absolute atomic E-state index is 0.0784. The first-order valence-corrected chi connectivity index (χ1v) is 9.09. The highest BCUT2D eigenvalue weighted by atomic mass is 16.5. The van der Waals surface area contributed by atoms with Crippen molar-refractivity contribution in [2.24, 2.45) is 5.92 Å². The normalized spacial score (nSPS) is 28.5. The molecule has 0 aromatic carbocycles. The van der Waals surface area contributed by atoms with Gasteiger partial charge in [0.25, 0.3) is 0 Å². The van der Waals surface area contributed by atoms with E-state index >= 15 is 0 Å². The van der Waals surface area contributed by atoms with Crippen molar-refractivity contribution in [2.45, 2.75) is 43.7 Å². The number of hydrogen-bond acceptors (Lipinski definition) is 5. The summed E-state index contributed by atoms with van der Waals surface area (Å²) in [5, 5.41) is 11.6. The van der Waals surface area contributed by atoms with Crippen LogP contribution in [0.4, 0.5) is 0 Å². The van der Waals surface area contributed by atoms with E-state index in [0.717, 1.165) is 31.6 Å². The van der Waals surface area contributed by atoms with E-state index in [0.29, 0.717) is 18.8 Å². The molecule has 1 saturated heterocycles. The average molecular weight is 343 g/mol. The fraction of sp³-hybridized carbons (Fsp3) is 0.579. The predicted molar refractivity (Wildman–Crippen MR) is 94.2 cm³/mol. The first-order chi connectivity index (χ1) is 12.2. The largest absolute Gasteiger partial charge is 0.469 e. The van der Waals surface area contributed by atoms with Crippen LogP contribution in [0.2, 0.25) is 0 Å². The van der Waals surface area contributed by atoms with Crippen molar-refractivity contribution in [3.05, 3.63) is 30.1 Å². The highest BCUT2D eigenvalue weighted by Crippen LogP contribution is 2.37. The molecule has 6 heteroatoms. The molecule has 4 rings (SSSR count). The van der Waals surface area contributed by atoms with Crippen molar-refractivity contribution < 1.29 is 14.6 Å². The van der Waals surface area contributed by atoms with Crippen LogP contribution >= 0.6 is 0 Å². The fourth-order valence-electron chi connectivity index (χ4n) is 4.60. The molecule has 25 heavy (non-hydrogen) atoms. The summed E-state index contributed by atoms with van der Waals surface area (Å²) in [5.41, 5.74) is 2.30. The number of aromatic amines is 1. The molecule has 0 unspecified atom stereocenters. The second-order valence-electron chi connectivity index (χ2n) is 7.28. The Morgan fingerprint density at radius 2 is 2.16 bits per heavy atom. The second kappa shape index (κ2) is 6.77. The molecule has 0 bridgehead atoms. The molecule has 2 aromatic heterocycles. The molecule has 1 saturated carbocycles. The number of ether oxygens (including phenoxy) is 1. The third-order valence-electron chi connectivity index (χ3n) is 5.95. The van der Waals surface area contributed by atoms with Gasteiger partial charge >= 0.3 is 5.97 Å². The number of aliphatic hydroxyl groups is 1. The number of nitrogens with one attached hydrogen (secondary N) is 1. The second-order valence-corrected chi connectivity index (χ2v) is 7.28. The number of nitrogens with zero attached hydrogens (tertiary/aromatic N) is 2. The van der Waals surface area contributed by atoms with Gasteiger partial charge in [-0.15, -0.1) is 0 Å². The van der Waals surface area contributed by atoms with Gasteiger partial charge in [0, 0.05) is 23.8 Å². The first-order valence-electron chi connectivity index (χ1n) is 9.09. The van der Waals surface area contributed by atoms with Crippen molar-refractivity contribution >= 4 is 17.0 Å². The van der Waals surface area contributed by atoms with E-state index in [1.54, 1.807) is 0 Å². The molecule has 2 aromatic rings. The van der Waals surface area contributed by atoms with Crippen molar-refractivity contribution in [1.82, 2.24) is 14.9 Å². The Balaban J connectivity index is 1.41. The lowest BCUT2D eigenvalue weighted by Gasteiger charge is -2.37. The molecular weight excluding hydrogens is 318 g/mol. The van der Waals surface area contributed by atoms with Gasteiger partial charge in [0.15, 0.2) is 0 Å². The van der Waals surface area contributed by atoms with E-state index in [2.05, 4.69) is 27.1 Å². The summed E-state index contributed by atoms with van der Waals surface area (Å²) in [6.07, 6.45) is 6.82. The zero-order valence-electron chi connectivity index (χ0n) is 14.5. The molecule has 0 amide bonds. The quantitative estimate of drug-likeness (QED) is 0.834. The maximum atomic E-state index is 11.8. The monoisotopic (exact) mass is 343 g/mol. The summed E-state index contributed by atoms with van der Waals surface area (Å²) in [6, 6.07) is 4.19. The molecule has 2 aliphatic rings. The lowest BCUT2D eigenvalue weighted by molar-refractivity contribution is -0.145. The molecule has 2 N–H and O–H groups in total. The summed E-state index contributed by atoms with van der Waals surface area (Å²) in [7, 11) is 1.42. The van der Waals surface area contributed by atoms with Gasteiger partial charge in [-0.25, -0.2) is 4.98 Å². The molecule has 2 fully saturated rings. The van der Waals surface area contributed by atoms with Crippen LogP contribution in [0.25, 0.3) is 11.0 Å². The number of aromatic nitrogens is 2. The smallest absolute Gasteiger partial charge is 0.308 e.